The quantitative estimate of drug-likeness (QED) is 0.580. The summed E-state index contributed by atoms with van der Waals surface area (Å²) in [4.78, 5) is 2.33. The minimum Gasteiger partial charge on any atom is -0.383 e. The number of rotatable bonds is 10. The molecule has 0 saturated heterocycles. The van der Waals surface area contributed by atoms with Crippen LogP contribution in [0.15, 0.2) is 0 Å². The van der Waals surface area contributed by atoms with Gasteiger partial charge in [-0.25, -0.2) is 0 Å². The lowest BCUT2D eigenvalue weighted by molar-refractivity contribution is 0.158. The summed E-state index contributed by atoms with van der Waals surface area (Å²) in [6, 6.07) is 1.04. The van der Waals surface area contributed by atoms with E-state index in [1.54, 1.807) is 7.11 Å². The molecule has 0 heterocycles. The predicted molar refractivity (Wildman–Crippen MR) is 69.7 cm³/mol. The third kappa shape index (κ3) is 8.05. The third-order valence-electron chi connectivity index (χ3n) is 2.90. The van der Waals surface area contributed by atoms with Crippen LogP contribution in [0.1, 0.15) is 26.7 Å². The minimum atomic E-state index is 0.439. The van der Waals surface area contributed by atoms with Crippen LogP contribution in [0.25, 0.3) is 0 Å². The van der Waals surface area contributed by atoms with Gasteiger partial charge in [-0.3, -0.25) is 0 Å². The summed E-state index contributed by atoms with van der Waals surface area (Å²) in [6.45, 7) is 8.02. The molecule has 0 aromatic carbocycles. The Morgan fingerprint density at radius 1 is 1.38 bits per heavy atom. The van der Waals surface area contributed by atoms with Crippen LogP contribution in [0.3, 0.4) is 0 Å². The molecule has 4 heteroatoms. The zero-order valence-corrected chi connectivity index (χ0v) is 11.3. The summed E-state index contributed by atoms with van der Waals surface area (Å²) in [5, 5.41) is 3.52. The molecule has 0 aromatic rings. The Kier molecular flexibility index (Phi) is 9.92. The van der Waals surface area contributed by atoms with E-state index in [1.807, 2.05) is 0 Å². The number of hydrogen-bond donors (Lipinski definition) is 2. The Hall–Kier alpha value is -0.160. The zero-order chi connectivity index (χ0) is 12.4. The van der Waals surface area contributed by atoms with Crippen LogP contribution in [0, 0.1) is 0 Å². The SMILES string of the molecule is COCC(CCCN)NCCN(C)C(C)C. The smallest absolute Gasteiger partial charge is 0.0615 e. The molecule has 0 aliphatic rings. The van der Waals surface area contributed by atoms with E-state index in [2.05, 4.69) is 31.1 Å². The van der Waals surface area contributed by atoms with Crippen LogP contribution in [0.5, 0.6) is 0 Å². The highest BCUT2D eigenvalue weighted by Crippen LogP contribution is 1.97. The van der Waals surface area contributed by atoms with Gasteiger partial charge in [0, 0.05) is 32.3 Å². The van der Waals surface area contributed by atoms with Gasteiger partial charge in [0.05, 0.1) is 6.61 Å². The van der Waals surface area contributed by atoms with E-state index >= 15 is 0 Å². The summed E-state index contributed by atoms with van der Waals surface area (Å²) in [5.74, 6) is 0. The van der Waals surface area contributed by atoms with Gasteiger partial charge in [-0.15, -0.1) is 0 Å². The van der Waals surface area contributed by atoms with Crippen molar-refractivity contribution >= 4 is 0 Å². The lowest BCUT2D eigenvalue weighted by Gasteiger charge is -2.23. The Bertz CT molecular complexity index is 153. The molecule has 0 aromatic heterocycles. The van der Waals surface area contributed by atoms with Gasteiger partial charge in [-0.2, -0.15) is 0 Å². The maximum Gasteiger partial charge on any atom is 0.0615 e. The maximum absolute atomic E-state index is 5.51. The molecule has 0 fully saturated rings. The first-order valence-corrected chi connectivity index (χ1v) is 6.24. The fraction of sp³-hybridized carbons (Fsp3) is 1.00. The standard InChI is InChI=1S/C12H29N3O/c1-11(2)15(3)9-8-14-12(10-16-4)6-5-7-13/h11-12,14H,5-10,13H2,1-4H3. The topological polar surface area (TPSA) is 50.5 Å². The molecule has 1 unspecified atom stereocenters. The Morgan fingerprint density at radius 3 is 2.56 bits per heavy atom. The molecular weight excluding hydrogens is 202 g/mol. The number of ether oxygens (including phenoxy) is 1. The van der Waals surface area contributed by atoms with Gasteiger partial charge in [0.2, 0.25) is 0 Å². The number of likely N-dealkylation sites (N-methyl/N-ethyl adjacent to an activating group) is 1. The van der Waals surface area contributed by atoms with Crippen molar-refractivity contribution in [1.29, 1.82) is 0 Å². The van der Waals surface area contributed by atoms with Gasteiger partial charge in [0.15, 0.2) is 0 Å². The molecular formula is C12H29N3O. The molecule has 16 heavy (non-hydrogen) atoms. The van der Waals surface area contributed by atoms with Crippen LogP contribution in [0.4, 0.5) is 0 Å². The van der Waals surface area contributed by atoms with E-state index in [0.717, 1.165) is 39.1 Å². The molecule has 1 atom stereocenters. The number of hydrogen-bond acceptors (Lipinski definition) is 4. The predicted octanol–water partition coefficient (Wildman–Crippen LogP) is 0.670. The second kappa shape index (κ2) is 10.0. The van der Waals surface area contributed by atoms with Crippen LogP contribution in [-0.2, 0) is 4.74 Å². The summed E-state index contributed by atoms with van der Waals surface area (Å²) in [7, 11) is 3.90. The van der Waals surface area contributed by atoms with E-state index in [0.29, 0.717) is 12.1 Å². The summed E-state index contributed by atoms with van der Waals surface area (Å²) in [5.41, 5.74) is 5.51. The Labute approximate surface area is 101 Å². The second-order valence-corrected chi connectivity index (χ2v) is 4.61. The van der Waals surface area contributed by atoms with Crippen LogP contribution < -0.4 is 11.1 Å². The van der Waals surface area contributed by atoms with Crippen molar-refractivity contribution in [3.8, 4) is 0 Å². The van der Waals surface area contributed by atoms with Crippen molar-refractivity contribution in [3.63, 3.8) is 0 Å². The molecule has 0 aliphatic heterocycles. The highest BCUT2D eigenvalue weighted by atomic mass is 16.5. The average molecular weight is 231 g/mol. The molecule has 98 valence electrons. The molecule has 0 amide bonds. The molecule has 0 radical (unpaired) electrons. The van der Waals surface area contributed by atoms with Crippen molar-refractivity contribution in [1.82, 2.24) is 10.2 Å². The molecule has 0 bridgehead atoms. The Balaban J connectivity index is 3.66. The summed E-state index contributed by atoms with van der Waals surface area (Å²) >= 11 is 0. The van der Waals surface area contributed by atoms with Gasteiger partial charge < -0.3 is 20.7 Å². The lowest BCUT2D eigenvalue weighted by Crippen LogP contribution is -2.40. The Morgan fingerprint density at radius 2 is 2.06 bits per heavy atom. The minimum absolute atomic E-state index is 0.439. The summed E-state index contributed by atoms with van der Waals surface area (Å²) in [6.07, 6.45) is 2.15. The van der Waals surface area contributed by atoms with Crippen molar-refractivity contribution in [2.45, 2.75) is 38.8 Å². The number of nitrogens with zero attached hydrogens (tertiary/aromatic N) is 1. The fourth-order valence-electron chi connectivity index (χ4n) is 1.51. The number of nitrogens with one attached hydrogen (secondary N) is 1. The van der Waals surface area contributed by atoms with E-state index < -0.39 is 0 Å². The van der Waals surface area contributed by atoms with Crippen molar-refractivity contribution in [2.75, 3.05) is 40.4 Å². The van der Waals surface area contributed by atoms with Gasteiger partial charge in [0.25, 0.3) is 0 Å². The van der Waals surface area contributed by atoms with Crippen molar-refractivity contribution < 1.29 is 4.74 Å². The lowest BCUT2D eigenvalue weighted by atomic mass is 10.1. The highest BCUT2D eigenvalue weighted by Gasteiger charge is 2.08. The first-order chi connectivity index (χ1) is 7.61. The van der Waals surface area contributed by atoms with Gasteiger partial charge >= 0.3 is 0 Å². The first-order valence-electron chi connectivity index (χ1n) is 6.24. The largest absolute Gasteiger partial charge is 0.383 e. The molecule has 0 spiro atoms. The van der Waals surface area contributed by atoms with E-state index in [1.165, 1.54) is 0 Å². The van der Waals surface area contributed by atoms with Crippen LogP contribution >= 0.6 is 0 Å². The third-order valence-corrected chi connectivity index (χ3v) is 2.90. The van der Waals surface area contributed by atoms with Crippen molar-refractivity contribution in [2.24, 2.45) is 5.73 Å². The average Bonchev–Trinajstić information content (AvgIpc) is 2.25. The molecule has 4 nitrogen and oxygen atoms in total. The summed E-state index contributed by atoms with van der Waals surface area (Å²) < 4.78 is 5.19. The second-order valence-electron chi connectivity index (χ2n) is 4.61. The maximum atomic E-state index is 5.51. The van der Waals surface area contributed by atoms with Crippen LogP contribution in [0.2, 0.25) is 0 Å². The number of methoxy groups -OCH3 is 1. The monoisotopic (exact) mass is 231 g/mol. The number of nitrogens with two attached hydrogens (primary N) is 1. The van der Waals surface area contributed by atoms with E-state index in [9.17, 15) is 0 Å². The van der Waals surface area contributed by atoms with E-state index in [-0.39, 0.29) is 0 Å². The van der Waals surface area contributed by atoms with Gasteiger partial charge in [-0.1, -0.05) is 0 Å². The van der Waals surface area contributed by atoms with Gasteiger partial charge in [0.1, 0.15) is 0 Å². The van der Waals surface area contributed by atoms with Crippen LogP contribution in [-0.4, -0.2) is 57.4 Å². The molecule has 0 saturated carbocycles. The highest BCUT2D eigenvalue weighted by molar-refractivity contribution is 4.68. The zero-order valence-electron chi connectivity index (χ0n) is 11.3. The van der Waals surface area contributed by atoms with Crippen molar-refractivity contribution in [3.05, 3.63) is 0 Å². The molecule has 0 rings (SSSR count). The molecule has 3 N–H and O–H groups in total. The van der Waals surface area contributed by atoms with E-state index in [4.69, 9.17) is 10.5 Å². The fourth-order valence-corrected chi connectivity index (χ4v) is 1.51. The normalized spacial score (nSPS) is 13.7. The molecule has 0 aliphatic carbocycles. The first kappa shape index (κ1) is 15.8. The van der Waals surface area contributed by atoms with Gasteiger partial charge in [-0.05, 0) is 40.3 Å².